The molecule has 16 heavy (non-hydrogen) atoms. The van der Waals surface area contributed by atoms with Gasteiger partial charge in [0, 0.05) is 6.20 Å². The average Bonchev–Trinajstić information content (AvgIpc) is 2.33. The van der Waals surface area contributed by atoms with Crippen molar-refractivity contribution in [1.82, 2.24) is 4.98 Å². The van der Waals surface area contributed by atoms with E-state index in [4.69, 9.17) is 5.73 Å². The van der Waals surface area contributed by atoms with Gasteiger partial charge in [-0.05, 0) is 29.7 Å². The summed E-state index contributed by atoms with van der Waals surface area (Å²) in [6.07, 6.45) is 6.89. The topological polar surface area (TPSA) is 38.9 Å². The smallest absolute Gasteiger partial charge is 0.123 e. The van der Waals surface area contributed by atoms with E-state index in [2.05, 4.69) is 29.3 Å². The predicted octanol–water partition coefficient (Wildman–Crippen LogP) is 2.92. The van der Waals surface area contributed by atoms with Gasteiger partial charge in [-0.3, -0.25) is 0 Å². The highest BCUT2D eigenvalue weighted by molar-refractivity contribution is 5.50. The largest absolute Gasteiger partial charge is 0.384 e. The Labute approximate surface area is 95.5 Å². The minimum atomic E-state index is 0.556. The van der Waals surface area contributed by atoms with Crippen LogP contribution in [0.2, 0.25) is 0 Å². The third kappa shape index (κ3) is 2.95. The van der Waals surface area contributed by atoms with E-state index in [0.29, 0.717) is 5.82 Å². The molecule has 0 saturated heterocycles. The summed E-state index contributed by atoms with van der Waals surface area (Å²) in [6.45, 7) is 0. The molecule has 1 heterocycles. The van der Waals surface area contributed by atoms with Gasteiger partial charge in [0.1, 0.15) is 5.82 Å². The molecule has 0 spiro atoms. The molecule has 0 saturated carbocycles. The number of allylic oxidation sites excluding steroid dienone is 1. The molecule has 0 radical (unpaired) electrons. The Bertz CT molecular complexity index is 458. The summed E-state index contributed by atoms with van der Waals surface area (Å²) in [4.78, 5) is 4.03. The molecule has 1 aromatic carbocycles. The number of hydrogen-bond acceptors (Lipinski definition) is 2. The van der Waals surface area contributed by atoms with Crippen LogP contribution in [-0.2, 0) is 6.42 Å². The first-order chi connectivity index (χ1) is 7.84. The van der Waals surface area contributed by atoms with Gasteiger partial charge < -0.3 is 5.73 Å². The molecule has 0 unspecified atom stereocenters. The zero-order chi connectivity index (χ0) is 11.2. The first-order valence-corrected chi connectivity index (χ1v) is 5.26. The van der Waals surface area contributed by atoms with E-state index < -0.39 is 0 Å². The fourth-order valence-electron chi connectivity index (χ4n) is 1.46. The Morgan fingerprint density at radius 1 is 1.06 bits per heavy atom. The Balaban J connectivity index is 1.98. The molecule has 0 aliphatic heterocycles. The van der Waals surface area contributed by atoms with Crippen LogP contribution in [0.3, 0.4) is 0 Å². The maximum absolute atomic E-state index is 5.51. The number of pyridine rings is 1. The highest BCUT2D eigenvalue weighted by atomic mass is 14.8. The van der Waals surface area contributed by atoms with E-state index >= 15 is 0 Å². The lowest BCUT2D eigenvalue weighted by molar-refractivity contribution is 1.27. The molecular weight excluding hydrogens is 196 g/mol. The number of nitrogens with two attached hydrogens (primary N) is 1. The van der Waals surface area contributed by atoms with Gasteiger partial charge in [0.2, 0.25) is 0 Å². The van der Waals surface area contributed by atoms with E-state index in [1.807, 2.05) is 30.3 Å². The number of nitrogen functional groups attached to an aromatic ring is 1. The molecule has 2 N–H and O–H groups in total. The summed E-state index contributed by atoms with van der Waals surface area (Å²) < 4.78 is 0. The van der Waals surface area contributed by atoms with E-state index in [1.165, 1.54) is 5.56 Å². The fourth-order valence-corrected chi connectivity index (χ4v) is 1.46. The van der Waals surface area contributed by atoms with Crippen molar-refractivity contribution in [3.63, 3.8) is 0 Å². The summed E-state index contributed by atoms with van der Waals surface area (Å²) in [6, 6.07) is 14.1. The zero-order valence-electron chi connectivity index (χ0n) is 9.01. The molecule has 0 atom stereocenters. The van der Waals surface area contributed by atoms with Crippen molar-refractivity contribution in [3.8, 4) is 0 Å². The number of nitrogens with zero attached hydrogens (tertiary/aromatic N) is 1. The Hall–Kier alpha value is -2.09. The lowest BCUT2D eigenvalue weighted by atomic mass is 10.1. The molecule has 0 aliphatic carbocycles. The van der Waals surface area contributed by atoms with E-state index in [-0.39, 0.29) is 0 Å². The molecule has 2 heteroatoms. The van der Waals surface area contributed by atoms with Crippen molar-refractivity contribution in [2.45, 2.75) is 6.42 Å². The van der Waals surface area contributed by atoms with Crippen molar-refractivity contribution in [2.24, 2.45) is 0 Å². The second-order valence-electron chi connectivity index (χ2n) is 3.61. The van der Waals surface area contributed by atoms with E-state index in [9.17, 15) is 0 Å². The van der Waals surface area contributed by atoms with Crippen molar-refractivity contribution in [3.05, 3.63) is 65.9 Å². The van der Waals surface area contributed by atoms with Crippen molar-refractivity contribution >= 4 is 11.9 Å². The molecule has 2 rings (SSSR count). The average molecular weight is 210 g/mol. The lowest BCUT2D eigenvalue weighted by Crippen LogP contribution is -1.88. The van der Waals surface area contributed by atoms with E-state index in [0.717, 1.165) is 12.0 Å². The van der Waals surface area contributed by atoms with Crippen LogP contribution in [-0.4, -0.2) is 4.98 Å². The van der Waals surface area contributed by atoms with Gasteiger partial charge in [-0.1, -0.05) is 42.5 Å². The quantitative estimate of drug-likeness (QED) is 0.846. The van der Waals surface area contributed by atoms with Gasteiger partial charge in [-0.15, -0.1) is 0 Å². The molecule has 80 valence electrons. The molecule has 2 aromatic rings. The van der Waals surface area contributed by atoms with Crippen molar-refractivity contribution < 1.29 is 0 Å². The van der Waals surface area contributed by atoms with Gasteiger partial charge in [0.15, 0.2) is 0 Å². The second-order valence-corrected chi connectivity index (χ2v) is 3.61. The molecule has 0 aliphatic rings. The Morgan fingerprint density at radius 3 is 2.56 bits per heavy atom. The Kier molecular flexibility index (Phi) is 3.34. The van der Waals surface area contributed by atoms with Gasteiger partial charge in [0.25, 0.3) is 0 Å². The van der Waals surface area contributed by atoms with Gasteiger partial charge >= 0.3 is 0 Å². The van der Waals surface area contributed by atoms with Gasteiger partial charge in [0.05, 0.1) is 0 Å². The first kappa shape index (κ1) is 10.4. The minimum absolute atomic E-state index is 0.556. The number of rotatable bonds is 3. The lowest BCUT2D eigenvalue weighted by Gasteiger charge is -1.95. The first-order valence-electron chi connectivity index (χ1n) is 5.26. The number of benzene rings is 1. The predicted molar refractivity (Wildman–Crippen MR) is 67.8 cm³/mol. The molecule has 2 nitrogen and oxygen atoms in total. The highest BCUT2D eigenvalue weighted by Gasteiger charge is 1.89. The standard InChI is InChI=1S/C14H14N2/c15-14-10-9-13(11-16-14)8-4-7-12-5-2-1-3-6-12/h1-6,8-11H,7H2,(H2,15,16)/b8-4+. The van der Waals surface area contributed by atoms with Crippen molar-refractivity contribution in [1.29, 1.82) is 0 Å². The van der Waals surface area contributed by atoms with Crippen LogP contribution >= 0.6 is 0 Å². The maximum atomic E-state index is 5.51. The number of hydrogen-bond donors (Lipinski definition) is 1. The summed E-state index contributed by atoms with van der Waals surface area (Å²) in [5.74, 6) is 0.556. The molecule has 1 aromatic heterocycles. The van der Waals surface area contributed by atoms with Crippen LogP contribution in [0.5, 0.6) is 0 Å². The number of aromatic nitrogens is 1. The Morgan fingerprint density at radius 2 is 1.88 bits per heavy atom. The van der Waals surface area contributed by atoms with Crippen LogP contribution in [0.1, 0.15) is 11.1 Å². The third-order valence-electron chi connectivity index (χ3n) is 2.32. The summed E-state index contributed by atoms with van der Waals surface area (Å²) >= 11 is 0. The van der Waals surface area contributed by atoms with Crippen LogP contribution in [0, 0.1) is 0 Å². The fraction of sp³-hybridized carbons (Fsp3) is 0.0714. The molecular formula is C14H14N2. The molecule has 0 fully saturated rings. The number of anilines is 1. The minimum Gasteiger partial charge on any atom is -0.384 e. The molecule has 0 amide bonds. The van der Waals surface area contributed by atoms with E-state index in [1.54, 1.807) is 6.20 Å². The maximum Gasteiger partial charge on any atom is 0.123 e. The zero-order valence-corrected chi connectivity index (χ0v) is 9.01. The monoisotopic (exact) mass is 210 g/mol. The van der Waals surface area contributed by atoms with Crippen LogP contribution in [0.25, 0.3) is 6.08 Å². The normalized spacial score (nSPS) is 10.8. The second kappa shape index (κ2) is 5.12. The van der Waals surface area contributed by atoms with Crippen LogP contribution in [0.4, 0.5) is 5.82 Å². The van der Waals surface area contributed by atoms with Gasteiger partial charge in [-0.2, -0.15) is 0 Å². The van der Waals surface area contributed by atoms with Crippen LogP contribution < -0.4 is 5.73 Å². The van der Waals surface area contributed by atoms with Crippen LogP contribution in [0.15, 0.2) is 54.7 Å². The van der Waals surface area contributed by atoms with Gasteiger partial charge in [-0.25, -0.2) is 4.98 Å². The summed E-state index contributed by atoms with van der Waals surface area (Å²) in [5, 5.41) is 0. The third-order valence-corrected chi connectivity index (χ3v) is 2.32. The summed E-state index contributed by atoms with van der Waals surface area (Å²) in [5.41, 5.74) is 7.89. The highest BCUT2D eigenvalue weighted by Crippen LogP contribution is 2.05. The molecule has 0 bridgehead atoms. The summed E-state index contributed by atoms with van der Waals surface area (Å²) in [7, 11) is 0. The SMILES string of the molecule is Nc1ccc(/C=C/Cc2ccccc2)cn1. The van der Waals surface area contributed by atoms with Crippen molar-refractivity contribution in [2.75, 3.05) is 5.73 Å².